The molecule has 2 saturated carbocycles. The van der Waals surface area contributed by atoms with Crippen LogP contribution in [0, 0.1) is 0 Å². The number of sulfone groups is 4. The highest BCUT2D eigenvalue weighted by atomic mass is 32.3. The van der Waals surface area contributed by atoms with Crippen molar-refractivity contribution < 1.29 is 43.3 Å². The first kappa shape index (κ1) is 27.8. The van der Waals surface area contributed by atoms with Crippen LogP contribution in [0.5, 0.6) is 0 Å². The molecular formula is C17H28N4O8S4. The van der Waals surface area contributed by atoms with Gasteiger partial charge in [0.15, 0.2) is 0 Å². The second-order valence-corrected chi connectivity index (χ2v) is 17.2. The summed E-state index contributed by atoms with van der Waals surface area (Å²) in [6, 6.07) is 0. The zero-order chi connectivity index (χ0) is 24.9. The fraction of sp³-hybridized carbons (Fsp3) is 0.882. The molecule has 0 N–H and O–H groups in total. The van der Waals surface area contributed by atoms with Gasteiger partial charge in [0.1, 0.15) is 0 Å². The molecule has 0 atom stereocenters. The van der Waals surface area contributed by atoms with E-state index < -0.39 is 76.5 Å². The molecule has 0 unspecified atom stereocenters. The Kier molecular flexibility index (Phi) is 9.16. The molecule has 2 rings (SSSR count). The van der Waals surface area contributed by atoms with Crippen LogP contribution >= 0.6 is 0 Å². The Bertz CT molecular complexity index is 1160. The van der Waals surface area contributed by atoms with Crippen LogP contribution in [0.25, 0.3) is 11.1 Å². The van der Waals surface area contributed by atoms with E-state index in [1.807, 2.05) is 0 Å². The Hall–Kier alpha value is -1.44. The summed E-state index contributed by atoms with van der Waals surface area (Å²) in [5.74, 6) is -2.03. The van der Waals surface area contributed by atoms with Gasteiger partial charge in [-0.15, -0.1) is 9.58 Å². The van der Waals surface area contributed by atoms with Gasteiger partial charge in [-0.05, 0) is 32.1 Å². The van der Waals surface area contributed by atoms with Crippen molar-refractivity contribution in [2.45, 2.75) is 81.1 Å². The van der Waals surface area contributed by atoms with Gasteiger partial charge in [0.25, 0.3) is 39.3 Å². The van der Waals surface area contributed by atoms with Gasteiger partial charge in [0.2, 0.25) is 0 Å². The summed E-state index contributed by atoms with van der Waals surface area (Å²) in [5, 5.41) is -2.02. The molecule has 0 aliphatic heterocycles. The molecule has 0 aromatic heterocycles. The standard InChI is InChI=1S/C17H28N4O8S4/c18-20-16(32(26,27)14-8-3-1-4-9-14)30(22,23)12-7-13-31(24,25)17(21-19)33(28,29)15-10-5-2-6-11-15/h14-15H,1-13H2. The molecule has 0 heterocycles. The highest BCUT2D eigenvalue weighted by Crippen LogP contribution is 2.27. The Morgan fingerprint density at radius 3 is 1.15 bits per heavy atom. The molecule has 2 aliphatic rings. The highest BCUT2D eigenvalue weighted by Gasteiger charge is 2.48. The zero-order valence-corrected chi connectivity index (χ0v) is 21.3. The molecule has 0 aromatic carbocycles. The van der Waals surface area contributed by atoms with Crippen LogP contribution in [0.4, 0.5) is 0 Å². The molecule has 0 amide bonds. The monoisotopic (exact) mass is 544 g/mol. The van der Waals surface area contributed by atoms with Crippen molar-refractivity contribution >= 4 is 48.1 Å². The van der Waals surface area contributed by atoms with E-state index >= 15 is 0 Å². The molecule has 2 fully saturated rings. The molecule has 33 heavy (non-hydrogen) atoms. The van der Waals surface area contributed by atoms with Crippen molar-refractivity contribution in [3.05, 3.63) is 11.1 Å². The lowest BCUT2D eigenvalue weighted by molar-refractivity contribution is 0.00344. The predicted molar refractivity (Wildman–Crippen MR) is 121 cm³/mol. The van der Waals surface area contributed by atoms with Crippen LogP contribution < -0.4 is 0 Å². The van der Waals surface area contributed by atoms with Crippen LogP contribution in [0.1, 0.15) is 70.6 Å². The Morgan fingerprint density at radius 2 is 0.879 bits per heavy atom. The van der Waals surface area contributed by atoms with Crippen molar-refractivity contribution in [2.24, 2.45) is 0 Å². The maximum absolute atomic E-state index is 12.7. The molecular weight excluding hydrogens is 516 g/mol. The lowest BCUT2D eigenvalue weighted by Gasteiger charge is -2.19. The molecule has 0 bridgehead atoms. The average molecular weight is 545 g/mol. The fourth-order valence-corrected chi connectivity index (χ4v) is 12.9. The van der Waals surface area contributed by atoms with E-state index in [-0.39, 0.29) is 25.7 Å². The third-order valence-corrected chi connectivity index (χ3v) is 15.6. The molecule has 0 aromatic rings. The van der Waals surface area contributed by atoms with E-state index in [1.165, 1.54) is 0 Å². The minimum atomic E-state index is -4.69. The lowest BCUT2D eigenvalue weighted by Crippen LogP contribution is -2.38. The third kappa shape index (κ3) is 6.37. The highest BCUT2D eigenvalue weighted by molar-refractivity contribution is 8.31. The predicted octanol–water partition coefficient (Wildman–Crippen LogP) is 0.873. The normalized spacial score (nSPS) is 19.4. The Balaban J connectivity index is 2.16. The van der Waals surface area contributed by atoms with Crippen molar-refractivity contribution in [3.8, 4) is 0 Å². The van der Waals surface area contributed by atoms with Gasteiger partial charge in [-0.3, -0.25) is 0 Å². The maximum Gasteiger partial charge on any atom is 0.495 e. The summed E-state index contributed by atoms with van der Waals surface area (Å²) in [5.41, 5.74) is 18.3. The summed E-state index contributed by atoms with van der Waals surface area (Å²) in [4.78, 5) is 5.01. The van der Waals surface area contributed by atoms with Gasteiger partial charge in [-0.2, -0.15) is 0 Å². The summed E-state index contributed by atoms with van der Waals surface area (Å²) < 4.78 is 98.1. The fourth-order valence-electron chi connectivity index (χ4n) is 4.24. The smallest absolute Gasteiger partial charge is 0.359 e. The van der Waals surface area contributed by atoms with Gasteiger partial charge in [-0.1, -0.05) is 38.5 Å². The average Bonchev–Trinajstić information content (AvgIpc) is 2.74. The van der Waals surface area contributed by atoms with E-state index in [2.05, 4.69) is 9.58 Å². The van der Waals surface area contributed by atoms with Gasteiger partial charge in [-0.25, -0.2) is 33.7 Å². The van der Waals surface area contributed by atoms with Crippen LogP contribution in [-0.4, -0.2) is 74.0 Å². The van der Waals surface area contributed by atoms with E-state index in [4.69, 9.17) is 11.1 Å². The molecule has 0 saturated heterocycles. The first-order valence-corrected chi connectivity index (χ1v) is 17.1. The van der Waals surface area contributed by atoms with Crippen molar-refractivity contribution in [3.63, 3.8) is 0 Å². The molecule has 0 radical (unpaired) electrons. The maximum atomic E-state index is 12.7. The number of nitrogens with zero attached hydrogens (tertiary/aromatic N) is 4. The van der Waals surface area contributed by atoms with E-state index in [0.717, 1.165) is 12.8 Å². The van der Waals surface area contributed by atoms with Gasteiger partial charge >= 0.3 is 8.75 Å². The second kappa shape index (κ2) is 10.9. The minimum absolute atomic E-state index is 0.223. The van der Waals surface area contributed by atoms with Gasteiger partial charge in [0, 0.05) is 0 Å². The van der Waals surface area contributed by atoms with Crippen LogP contribution in [-0.2, 0) is 39.3 Å². The first-order chi connectivity index (χ1) is 15.3. The number of rotatable bonds is 6. The molecule has 12 nitrogen and oxygen atoms in total. The summed E-state index contributed by atoms with van der Waals surface area (Å²) in [7, 11) is -18.3. The van der Waals surface area contributed by atoms with E-state index in [0.29, 0.717) is 25.7 Å². The topological polar surface area (TPSA) is 209 Å². The van der Waals surface area contributed by atoms with E-state index in [1.54, 1.807) is 0 Å². The van der Waals surface area contributed by atoms with Gasteiger partial charge < -0.3 is 11.1 Å². The van der Waals surface area contributed by atoms with Crippen LogP contribution in [0.2, 0.25) is 0 Å². The molecule has 188 valence electrons. The third-order valence-electron chi connectivity index (χ3n) is 5.99. The van der Waals surface area contributed by atoms with Crippen LogP contribution in [0.15, 0.2) is 0 Å². The van der Waals surface area contributed by atoms with Crippen LogP contribution in [0.3, 0.4) is 0 Å². The first-order valence-electron chi connectivity index (χ1n) is 10.7. The summed E-state index contributed by atoms with van der Waals surface area (Å²) >= 11 is 0. The zero-order valence-electron chi connectivity index (χ0n) is 18.0. The molecule has 2 aliphatic carbocycles. The SMILES string of the molecule is [N-]=[N+]=C(S(=O)(=O)CCCS(=O)(=O)C(=[N+]=[N-])S(=O)(=O)C1CCCCC1)S(=O)(=O)C1CCCCC1. The largest absolute Gasteiger partial charge is 0.495 e. The Labute approximate surface area is 194 Å². The van der Waals surface area contributed by atoms with Crippen molar-refractivity contribution in [1.29, 1.82) is 0 Å². The summed E-state index contributed by atoms with van der Waals surface area (Å²) in [6.45, 7) is 0. The van der Waals surface area contributed by atoms with Gasteiger partial charge in [0.05, 0.1) is 22.0 Å². The molecule has 16 heteroatoms. The Morgan fingerprint density at radius 1 is 0.576 bits per heavy atom. The van der Waals surface area contributed by atoms with E-state index in [9.17, 15) is 33.7 Å². The summed E-state index contributed by atoms with van der Waals surface area (Å²) in [6.07, 6.45) is 4.14. The molecule has 0 spiro atoms. The minimum Gasteiger partial charge on any atom is -0.359 e. The number of hydrogen-bond donors (Lipinski definition) is 0. The van der Waals surface area contributed by atoms with Crippen molar-refractivity contribution in [1.82, 2.24) is 0 Å². The quantitative estimate of drug-likeness (QED) is 0.202. The second-order valence-electron chi connectivity index (χ2n) is 8.33. The lowest BCUT2D eigenvalue weighted by atomic mass is 10.0. The van der Waals surface area contributed by atoms with Crippen molar-refractivity contribution in [2.75, 3.05) is 11.5 Å². The number of hydrogen-bond acceptors (Lipinski definition) is 8.